The topological polar surface area (TPSA) is 73.3 Å². The first-order valence-corrected chi connectivity index (χ1v) is 6.45. The maximum atomic E-state index is 11.7. The number of benzene rings is 1. The summed E-state index contributed by atoms with van der Waals surface area (Å²) in [4.78, 5) is 19.5. The molecule has 106 valence electrons. The molecule has 1 aromatic carbocycles. The Morgan fingerprint density at radius 2 is 2.10 bits per heavy atom. The van der Waals surface area contributed by atoms with Gasteiger partial charge in [0.15, 0.2) is 17.3 Å². The molecular weight excluding hydrogens is 294 g/mol. The Kier molecular flexibility index (Phi) is 3.70. The molecule has 0 atom stereocenters. The van der Waals surface area contributed by atoms with Crippen LogP contribution in [0.3, 0.4) is 0 Å². The van der Waals surface area contributed by atoms with Gasteiger partial charge in [0.25, 0.3) is 0 Å². The summed E-state index contributed by atoms with van der Waals surface area (Å²) < 4.78 is 10.5. The van der Waals surface area contributed by atoms with Gasteiger partial charge in [-0.2, -0.15) is 0 Å². The molecule has 2 aromatic rings. The number of fused-ring (bicyclic) bond motifs is 1. The maximum absolute atomic E-state index is 11.7. The summed E-state index contributed by atoms with van der Waals surface area (Å²) in [7, 11) is 0. The number of rotatable bonds is 3. The molecule has 0 aliphatic carbocycles. The molecule has 1 aromatic heterocycles. The number of halogens is 1. The summed E-state index contributed by atoms with van der Waals surface area (Å²) in [6.45, 7) is 0.220. The molecule has 1 N–H and O–H groups in total. The van der Waals surface area contributed by atoms with E-state index in [9.17, 15) is 4.79 Å². The molecule has 0 spiro atoms. The second-order valence-corrected chi connectivity index (χ2v) is 4.55. The van der Waals surface area contributed by atoms with E-state index in [0.29, 0.717) is 17.3 Å². The largest absolute Gasteiger partial charge is 0.454 e. The Labute approximate surface area is 125 Å². The van der Waals surface area contributed by atoms with Crippen LogP contribution >= 0.6 is 11.6 Å². The zero-order chi connectivity index (χ0) is 14.7. The molecule has 6 nitrogen and oxygen atoms in total. The van der Waals surface area contributed by atoms with Crippen LogP contribution in [0.5, 0.6) is 11.5 Å². The van der Waals surface area contributed by atoms with Crippen molar-refractivity contribution in [3.05, 3.63) is 47.4 Å². The van der Waals surface area contributed by atoms with E-state index in [2.05, 4.69) is 15.3 Å². The van der Waals surface area contributed by atoms with Crippen LogP contribution in [0.4, 0.5) is 5.82 Å². The van der Waals surface area contributed by atoms with Crippen molar-refractivity contribution in [3.63, 3.8) is 0 Å². The van der Waals surface area contributed by atoms with Gasteiger partial charge < -0.3 is 14.8 Å². The van der Waals surface area contributed by atoms with Crippen LogP contribution in [0, 0.1) is 0 Å². The van der Waals surface area contributed by atoms with E-state index in [1.165, 1.54) is 18.5 Å². The fourth-order valence-corrected chi connectivity index (χ4v) is 1.83. The van der Waals surface area contributed by atoms with E-state index < -0.39 is 0 Å². The summed E-state index contributed by atoms with van der Waals surface area (Å²) in [5.41, 5.74) is 0.830. The second kappa shape index (κ2) is 5.80. The first kappa shape index (κ1) is 13.4. The van der Waals surface area contributed by atoms with Gasteiger partial charge >= 0.3 is 0 Å². The molecule has 21 heavy (non-hydrogen) atoms. The van der Waals surface area contributed by atoms with Crippen molar-refractivity contribution in [2.24, 2.45) is 0 Å². The summed E-state index contributed by atoms with van der Waals surface area (Å²) >= 11 is 5.61. The number of carbonyl (C=O) groups is 1. The number of nitrogens with zero attached hydrogens (tertiary/aromatic N) is 2. The van der Waals surface area contributed by atoms with Crippen molar-refractivity contribution in [2.45, 2.75) is 0 Å². The van der Waals surface area contributed by atoms with Crippen LogP contribution in [0.25, 0.3) is 6.08 Å². The van der Waals surface area contributed by atoms with Crippen molar-refractivity contribution < 1.29 is 14.3 Å². The lowest BCUT2D eigenvalue weighted by Crippen LogP contribution is -2.09. The van der Waals surface area contributed by atoms with Crippen LogP contribution in [0.2, 0.25) is 5.15 Å². The Balaban J connectivity index is 1.65. The molecular formula is C14H10ClN3O3. The third-order valence-corrected chi connectivity index (χ3v) is 2.89. The molecule has 0 saturated heterocycles. The summed E-state index contributed by atoms with van der Waals surface area (Å²) in [5.74, 6) is 1.39. The Morgan fingerprint density at radius 3 is 2.90 bits per heavy atom. The van der Waals surface area contributed by atoms with Crippen LogP contribution in [0.1, 0.15) is 5.56 Å². The summed E-state index contributed by atoms with van der Waals surface area (Å²) in [5, 5.41) is 2.85. The predicted molar refractivity (Wildman–Crippen MR) is 77.3 cm³/mol. The molecule has 2 heterocycles. The van der Waals surface area contributed by atoms with Gasteiger partial charge in [-0.25, -0.2) is 9.97 Å². The quantitative estimate of drug-likeness (QED) is 0.882. The average Bonchev–Trinajstić information content (AvgIpc) is 2.95. The first-order valence-electron chi connectivity index (χ1n) is 6.07. The van der Waals surface area contributed by atoms with E-state index in [1.54, 1.807) is 18.2 Å². The Hall–Kier alpha value is -2.60. The number of nitrogens with one attached hydrogen (secondary N) is 1. The van der Waals surface area contributed by atoms with E-state index in [4.69, 9.17) is 21.1 Å². The molecule has 1 aliphatic heterocycles. The normalized spacial score (nSPS) is 12.6. The predicted octanol–water partition coefficient (Wildman–Crippen LogP) is 2.51. The van der Waals surface area contributed by atoms with Gasteiger partial charge in [-0.05, 0) is 23.8 Å². The van der Waals surface area contributed by atoms with Gasteiger partial charge in [0.1, 0.15) is 5.15 Å². The second-order valence-electron chi connectivity index (χ2n) is 4.16. The lowest BCUT2D eigenvalue weighted by molar-refractivity contribution is -0.111. The number of anilines is 1. The number of hydrogen-bond donors (Lipinski definition) is 1. The van der Waals surface area contributed by atoms with Gasteiger partial charge in [-0.1, -0.05) is 17.7 Å². The Bertz CT molecular complexity index is 701. The van der Waals surface area contributed by atoms with E-state index >= 15 is 0 Å². The van der Waals surface area contributed by atoms with Crippen LogP contribution in [0.15, 0.2) is 36.7 Å². The number of aromatic nitrogens is 2. The first-order chi connectivity index (χ1) is 10.2. The minimum Gasteiger partial charge on any atom is -0.454 e. The van der Waals surface area contributed by atoms with Crippen LogP contribution in [-0.4, -0.2) is 22.7 Å². The van der Waals surface area contributed by atoms with Crippen LogP contribution in [-0.2, 0) is 4.79 Å². The van der Waals surface area contributed by atoms with Crippen molar-refractivity contribution in [2.75, 3.05) is 12.1 Å². The summed E-state index contributed by atoms with van der Waals surface area (Å²) in [6, 6.07) is 5.43. The number of carbonyl (C=O) groups excluding carboxylic acids is 1. The fourth-order valence-electron chi connectivity index (χ4n) is 1.73. The van der Waals surface area contributed by atoms with Crippen molar-refractivity contribution in [1.29, 1.82) is 0 Å². The highest BCUT2D eigenvalue weighted by atomic mass is 35.5. The molecule has 0 fully saturated rings. The molecule has 0 saturated carbocycles. The molecule has 1 aliphatic rings. The molecule has 0 unspecified atom stereocenters. The number of ether oxygens (including phenoxy) is 2. The van der Waals surface area contributed by atoms with E-state index in [0.717, 1.165) is 5.56 Å². The zero-order valence-electron chi connectivity index (χ0n) is 10.7. The number of hydrogen-bond acceptors (Lipinski definition) is 5. The van der Waals surface area contributed by atoms with Crippen molar-refractivity contribution in [3.8, 4) is 11.5 Å². The van der Waals surface area contributed by atoms with Gasteiger partial charge in [0.05, 0.1) is 12.4 Å². The lowest BCUT2D eigenvalue weighted by atomic mass is 10.2. The molecule has 1 amide bonds. The third-order valence-electron chi connectivity index (χ3n) is 2.70. The van der Waals surface area contributed by atoms with E-state index in [1.807, 2.05) is 6.07 Å². The molecule has 0 radical (unpaired) electrons. The van der Waals surface area contributed by atoms with Crippen molar-refractivity contribution >= 4 is 29.4 Å². The van der Waals surface area contributed by atoms with Crippen molar-refractivity contribution in [1.82, 2.24) is 9.97 Å². The molecule has 7 heteroatoms. The van der Waals surface area contributed by atoms with Gasteiger partial charge in [0, 0.05) is 6.08 Å². The monoisotopic (exact) mass is 303 g/mol. The van der Waals surface area contributed by atoms with Crippen LogP contribution < -0.4 is 14.8 Å². The highest BCUT2D eigenvalue weighted by Crippen LogP contribution is 2.32. The fraction of sp³-hybridized carbons (Fsp3) is 0.0714. The molecule has 3 rings (SSSR count). The zero-order valence-corrected chi connectivity index (χ0v) is 11.5. The lowest BCUT2D eigenvalue weighted by Gasteiger charge is -2.00. The summed E-state index contributed by atoms with van der Waals surface area (Å²) in [6.07, 6.45) is 5.81. The third kappa shape index (κ3) is 3.29. The van der Waals surface area contributed by atoms with E-state index in [-0.39, 0.29) is 17.9 Å². The van der Waals surface area contributed by atoms with Gasteiger partial charge in [-0.3, -0.25) is 4.79 Å². The minimum atomic E-state index is -0.315. The maximum Gasteiger partial charge on any atom is 0.249 e. The standard InChI is InChI=1S/C14H10ClN3O3/c15-12-6-17-13(7-16-12)18-14(19)4-2-9-1-3-10-11(5-9)21-8-20-10/h1-7H,8H2,(H,17,18,19)/b4-2+. The SMILES string of the molecule is O=C(/C=C/c1ccc2c(c1)OCO2)Nc1cnc(Cl)cn1. The average molecular weight is 304 g/mol. The van der Waals surface area contributed by atoms with Gasteiger partial charge in [0.2, 0.25) is 12.7 Å². The molecule has 0 bridgehead atoms. The highest BCUT2D eigenvalue weighted by Gasteiger charge is 2.12. The smallest absolute Gasteiger partial charge is 0.249 e. The number of amides is 1. The minimum absolute atomic E-state index is 0.220. The highest BCUT2D eigenvalue weighted by molar-refractivity contribution is 6.29. The Morgan fingerprint density at radius 1 is 1.24 bits per heavy atom. The van der Waals surface area contributed by atoms with Gasteiger partial charge in [-0.15, -0.1) is 0 Å².